The highest BCUT2D eigenvalue weighted by Crippen LogP contribution is 2.34. The van der Waals surface area contributed by atoms with E-state index in [2.05, 4.69) is 42.3 Å². The molecule has 1 N–H and O–H groups in total. The Bertz CT molecular complexity index is 972. The maximum atomic E-state index is 11.6. The number of carbonyl (C=O) groups excluding carboxylic acids is 2. The lowest BCUT2D eigenvalue weighted by atomic mass is 9.93. The van der Waals surface area contributed by atoms with Gasteiger partial charge in [-0.2, -0.15) is 0 Å². The molecule has 0 spiro atoms. The predicted octanol–water partition coefficient (Wildman–Crippen LogP) is 4.59. The van der Waals surface area contributed by atoms with Gasteiger partial charge in [0.15, 0.2) is 6.39 Å². The van der Waals surface area contributed by atoms with Gasteiger partial charge in [-0.05, 0) is 68.5 Å². The van der Waals surface area contributed by atoms with E-state index >= 15 is 0 Å². The van der Waals surface area contributed by atoms with Gasteiger partial charge in [0.2, 0.25) is 0 Å². The number of rotatable bonds is 7. The van der Waals surface area contributed by atoms with E-state index in [-0.39, 0.29) is 29.5 Å². The summed E-state index contributed by atoms with van der Waals surface area (Å²) in [7, 11) is 0. The number of benzene rings is 1. The zero-order valence-electron chi connectivity index (χ0n) is 17.6. The molecule has 2 aliphatic rings. The molecule has 1 aliphatic heterocycles. The Balaban J connectivity index is 1.40. The number of aryl methyl sites for hydroxylation is 2. The second kappa shape index (κ2) is 9.80. The molecular formula is C23H26N2O5S. The van der Waals surface area contributed by atoms with Gasteiger partial charge in [0.05, 0.1) is 23.7 Å². The SMILES string of the molecule is Cc1ccc(C(O[C@@H]2CCC[C@H](OCC=C3SC(=O)NC3=O)C2)c2cocn2)c(C)c1. The molecule has 0 bridgehead atoms. The molecule has 1 aromatic heterocycles. The number of nitrogens with zero attached hydrogens (tertiary/aromatic N) is 1. The standard InChI is InChI=1S/C23H26N2O5S/c1-14-6-7-18(15(2)10-14)21(19-12-28-13-24-19)30-17-5-3-4-16(11-17)29-9-8-20-22(26)25-23(27)31-20/h6-8,10,12-13,16-17,21H,3-5,9,11H2,1-2H3,(H,25,26,27)/t16-,17+,21?/m0/s1. The van der Waals surface area contributed by atoms with E-state index in [9.17, 15) is 9.59 Å². The Labute approximate surface area is 185 Å². The Hall–Kier alpha value is -2.42. The summed E-state index contributed by atoms with van der Waals surface area (Å²) in [6, 6.07) is 6.33. The first kappa shape index (κ1) is 21.8. The molecule has 1 unspecified atom stereocenters. The molecule has 1 aromatic carbocycles. The minimum Gasteiger partial charge on any atom is -0.451 e. The number of thioether (sulfide) groups is 1. The molecule has 1 saturated heterocycles. The lowest BCUT2D eigenvalue weighted by Crippen LogP contribution is -2.30. The molecule has 2 heterocycles. The maximum absolute atomic E-state index is 11.6. The molecule has 8 heteroatoms. The Morgan fingerprint density at radius 3 is 2.84 bits per heavy atom. The first-order chi connectivity index (χ1) is 15.0. The van der Waals surface area contributed by atoms with Gasteiger partial charge in [0.25, 0.3) is 11.1 Å². The third kappa shape index (κ3) is 5.44. The lowest BCUT2D eigenvalue weighted by molar-refractivity contribution is -0.115. The minimum absolute atomic E-state index is 0.0274. The highest BCUT2D eigenvalue weighted by atomic mass is 32.2. The zero-order valence-corrected chi connectivity index (χ0v) is 18.4. The van der Waals surface area contributed by atoms with Gasteiger partial charge >= 0.3 is 0 Å². The molecule has 2 amide bonds. The molecule has 2 fully saturated rings. The summed E-state index contributed by atoms with van der Waals surface area (Å²) in [6.45, 7) is 4.45. The van der Waals surface area contributed by atoms with Crippen molar-refractivity contribution in [1.82, 2.24) is 10.3 Å². The Morgan fingerprint density at radius 1 is 1.29 bits per heavy atom. The van der Waals surface area contributed by atoms with E-state index in [1.165, 1.54) is 12.0 Å². The maximum Gasteiger partial charge on any atom is 0.290 e. The van der Waals surface area contributed by atoms with Crippen LogP contribution in [-0.4, -0.2) is 34.9 Å². The van der Waals surface area contributed by atoms with Gasteiger partial charge in [0, 0.05) is 0 Å². The number of imide groups is 1. The smallest absolute Gasteiger partial charge is 0.290 e. The number of nitrogens with one attached hydrogen (secondary N) is 1. The molecule has 31 heavy (non-hydrogen) atoms. The van der Waals surface area contributed by atoms with Crippen LogP contribution in [0.4, 0.5) is 4.79 Å². The third-order valence-electron chi connectivity index (χ3n) is 5.58. The van der Waals surface area contributed by atoms with Gasteiger partial charge < -0.3 is 13.9 Å². The van der Waals surface area contributed by atoms with Crippen LogP contribution in [0.1, 0.15) is 54.2 Å². The van der Waals surface area contributed by atoms with Crippen LogP contribution in [-0.2, 0) is 14.3 Å². The summed E-state index contributed by atoms with van der Waals surface area (Å²) < 4.78 is 17.8. The predicted molar refractivity (Wildman–Crippen MR) is 117 cm³/mol. The van der Waals surface area contributed by atoms with Crippen LogP contribution in [0.2, 0.25) is 0 Å². The number of hydrogen-bond donors (Lipinski definition) is 1. The third-order valence-corrected chi connectivity index (χ3v) is 6.44. The summed E-state index contributed by atoms with van der Waals surface area (Å²) in [4.78, 5) is 27.6. The summed E-state index contributed by atoms with van der Waals surface area (Å²) in [5.41, 5.74) is 4.20. The number of oxazole rings is 1. The van der Waals surface area contributed by atoms with Crippen molar-refractivity contribution in [3.05, 3.63) is 64.2 Å². The number of aromatic nitrogens is 1. The average Bonchev–Trinajstić information content (AvgIpc) is 3.37. The van der Waals surface area contributed by atoms with E-state index in [1.807, 2.05) is 0 Å². The van der Waals surface area contributed by atoms with E-state index in [4.69, 9.17) is 13.9 Å². The normalized spacial score (nSPS) is 23.9. The van der Waals surface area contributed by atoms with Crippen molar-refractivity contribution in [2.75, 3.05) is 6.61 Å². The fourth-order valence-electron chi connectivity index (χ4n) is 4.06. The van der Waals surface area contributed by atoms with Crippen LogP contribution < -0.4 is 5.32 Å². The van der Waals surface area contributed by atoms with Crippen LogP contribution in [0.5, 0.6) is 0 Å². The molecule has 1 aliphatic carbocycles. The minimum atomic E-state index is -0.354. The summed E-state index contributed by atoms with van der Waals surface area (Å²) in [5.74, 6) is -0.354. The van der Waals surface area contributed by atoms with Gasteiger partial charge in [-0.25, -0.2) is 4.98 Å². The number of carbonyl (C=O) groups is 2. The summed E-state index contributed by atoms with van der Waals surface area (Å²) in [5, 5.41) is 1.91. The monoisotopic (exact) mass is 442 g/mol. The molecule has 0 radical (unpaired) electrons. The van der Waals surface area contributed by atoms with E-state index in [0.29, 0.717) is 11.5 Å². The molecule has 3 atom stereocenters. The van der Waals surface area contributed by atoms with Gasteiger partial charge in [-0.1, -0.05) is 23.8 Å². The first-order valence-electron chi connectivity index (χ1n) is 10.4. The summed E-state index contributed by atoms with van der Waals surface area (Å²) >= 11 is 0.909. The van der Waals surface area contributed by atoms with Gasteiger partial charge in [-0.3, -0.25) is 14.9 Å². The largest absolute Gasteiger partial charge is 0.451 e. The first-order valence-corrected chi connectivity index (χ1v) is 11.3. The Morgan fingerprint density at radius 2 is 2.13 bits per heavy atom. The van der Waals surface area contributed by atoms with Crippen molar-refractivity contribution < 1.29 is 23.5 Å². The van der Waals surface area contributed by atoms with E-state index in [0.717, 1.165) is 54.3 Å². The van der Waals surface area contributed by atoms with Crippen molar-refractivity contribution in [2.45, 2.75) is 57.8 Å². The fraction of sp³-hybridized carbons (Fsp3) is 0.435. The van der Waals surface area contributed by atoms with E-state index in [1.54, 1.807) is 12.3 Å². The van der Waals surface area contributed by atoms with E-state index < -0.39 is 0 Å². The zero-order chi connectivity index (χ0) is 21.8. The molecule has 2 aromatic rings. The van der Waals surface area contributed by atoms with Crippen LogP contribution in [0.3, 0.4) is 0 Å². The van der Waals surface area contributed by atoms with Crippen LogP contribution in [0.15, 0.2) is 46.3 Å². The van der Waals surface area contributed by atoms with Crippen LogP contribution >= 0.6 is 11.8 Å². The lowest BCUT2D eigenvalue weighted by Gasteiger charge is -2.32. The molecule has 1 saturated carbocycles. The van der Waals surface area contributed by atoms with Crippen molar-refractivity contribution >= 4 is 22.9 Å². The topological polar surface area (TPSA) is 90.7 Å². The fourth-order valence-corrected chi connectivity index (χ4v) is 4.70. The molecular weight excluding hydrogens is 416 g/mol. The molecule has 7 nitrogen and oxygen atoms in total. The summed E-state index contributed by atoms with van der Waals surface area (Å²) in [6.07, 6.45) is 8.16. The van der Waals surface area contributed by atoms with Crippen molar-refractivity contribution in [1.29, 1.82) is 0 Å². The van der Waals surface area contributed by atoms with Gasteiger partial charge in [-0.15, -0.1) is 0 Å². The van der Waals surface area contributed by atoms with Crippen LogP contribution in [0.25, 0.3) is 0 Å². The highest BCUT2D eigenvalue weighted by molar-refractivity contribution is 8.18. The number of ether oxygens (including phenoxy) is 2. The molecule has 164 valence electrons. The Kier molecular flexibility index (Phi) is 6.89. The van der Waals surface area contributed by atoms with Crippen LogP contribution in [0, 0.1) is 13.8 Å². The number of amides is 2. The molecule has 4 rings (SSSR count). The van der Waals surface area contributed by atoms with Crippen molar-refractivity contribution in [2.24, 2.45) is 0 Å². The quantitative estimate of drug-likeness (QED) is 0.627. The van der Waals surface area contributed by atoms with Crippen molar-refractivity contribution in [3.63, 3.8) is 0 Å². The van der Waals surface area contributed by atoms with Crippen molar-refractivity contribution in [3.8, 4) is 0 Å². The second-order valence-corrected chi connectivity index (χ2v) is 8.96. The van der Waals surface area contributed by atoms with Gasteiger partial charge in [0.1, 0.15) is 18.1 Å². The number of hydrogen-bond acceptors (Lipinski definition) is 7. The highest BCUT2D eigenvalue weighted by Gasteiger charge is 2.29. The second-order valence-electron chi connectivity index (χ2n) is 7.95. The average molecular weight is 443 g/mol.